The Morgan fingerprint density at radius 2 is 1.93 bits per heavy atom. The zero-order valence-electron chi connectivity index (χ0n) is 15.0. The third-order valence-electron chi connectivity index (χ3n) is 4.98. The normalized spacial score (nSPS) is 20.4. The summed E-state index contributed by atoms with van der Waals surface area (Å²) < 4.78 is 10.2. The number of amides is 3. The van der Waals surface area contributed by atoms with Gasteiger partial charge in [0.05, 0.1) is 12.2 Å². The number of furan rings is 1. The van der Waals surface area contributed by atoms with Gasteiger partial charge in [-0.2, -0.15) is 0 Å². The van der Waals surface area contributed by atoms with E-state index < -0.39 is 5.92 Å². The van der Waals surface area contributed by atoms with Crippen LogP contribution in [0.15, 0.2) is 33.4 Å². The van der Waals surface area contributed by atoms with Crippen molar-refractivity contribution in [1.29, 1.82) is 0 Å². The SMILES string of the molecule is Cc1cc(N2CC(C(=O)N3CCN(C(=O)c4ccco4)CC3)CC2=O)no1. The van der Waals surface area contributed by atoms with Crippen molar-refractivity contribution in [2.75, 3.05) is 37.6 Å². The molecule has 2 aromatic heterocycles. The molecular weight excluding hydrogens is 352 g/mol. The van der Waals surface area contributed by atoms with Crippen LogP contribution in [0.25, 0.3) is 0 Å². The molecule has 2 aliphatic rings. The molecule has 0 saturated carbocycles. The molecule has 9 nitrogen and oxygen atoms in total. The lowest BCUT2D eigenvalue weighted by molar-refractivity contribution is -0.137. The molecule has 4 rings (SSSR count). The van der Waals surface area contributed by atoms with Gasteiger partial charge in [0.15, 0.2) is 11.6 Å². The summed E-state index contributed by atoms with van der Waals surface area (Å²) >= 11 is 0. The average Bonchev–Trinajstić information content (AvgIpc) is 3.41. The minimum Gasteiger partial charge on any atom is -0.459 e. The van der Waals surface area contributed by atoms with E-state index in [4.69, 9.17) is 8.94 Å². The summed E-state index contributed by atoms with van der Waals surface area (Å²) in [7, 11) is 0. The zero-order chi connectivity index (χ0) is 19.0. The molecule has 9 heteroatoms. The summed E-state index contributed by atoms with van der Waals surface area (Å²) in [4.78, 5) is 42.3. The summed E-state index contributed by atoms with van der Waals surface area (Å²) in [5.74, 6) is 0.600. The Labute approximate surface area is 155 Å². The summed E-state index contributed by atoms with van der Waals surface area (Å²) in [5, 5.41) is 3.86. The first-order chi connectivity index (χ1) is 13.0. The largest absolute Gasteiger partial charge is 0.459 e. The molecule has 1 unspecified atom stereocenters. The molecule has 2 aromatic rings. The van der Waals surface area contributed by atoms with Crippen LogP contribution in [0.1, 0.15) is 22.7 Å². The number of carbonyl (C=O) groups excluding carboxylic acids is 3. The van der Waals surface area contributed by atoms with Crippen molar-refractivity contribution in [3.63, 3.8) is 0 Å². The van der Waals surface area contributed by atoms with Crippen LogP contribution < -0.4 is 4.90 Å². The third-order valence-corrected chi connectivity index (χ3v) is 4.98. The Balaban J connectivity index is 1.34. The van der Waals surface area contributed by atoms with E-state index >= 15 is 0 Å². The number of anilines is 1. The van der Waals surface area contributed by atoms with E-state index in [1.165, 1.54) is 11.2 Å². The van der Waals surface area contributed by atoms with Gasteiger partial charge in [0.25, 0.3) is 5.91 Å². The van der Waals surface area contributed by atoms with Crippen molar-refractivity contribution < 1.29 is 23.3 Å². The van der Waals surface area contributed by atoms with Crippen molar-refractivity contribution in [3.05, 3.63) is 36.0 Å². The minimum absolute atomic E-state index is 0.0591. The fourth-order valence-corrected chi connectivity index (χ4v) is 3.52. The first kappa shape index (κ1) is 17.3. The topological polar surface area (TPSA) is 100 Å². The van der Waals surface area contributed by atoms with Crippen molar-refractivity contribution in [2.24, 2.45) is 5.92 Å². The number of rotatable bonds is 3. The molecule has 1 atom stereocenters. The van der Waals surface area contributed by atoms with Gasteiger partial charge in [-0.25, -0.2) is 0 Å². The molecule has 27 heavy (non-hydrogen) atoms. The molecule has 2 fully saturated rings. The van der Waals surface area contributed by atoms with Crippen LogP contribution in [0.5, 0.6) is 0 Å². The molecule has 3 amide bonds. The highest BCUT2D eigenvalue weighted by Crippen LogP contribution is 2.26. The van der Waals surface area contributed by atoms with Gasteiger partial charge >= 0.3 is 0 Å². The maximum Gasteiger partial charge on any atom is 0.289 e. The molecule has 0 radical (unpaired) electrons. The first-order valence-electron chi connectivity index (χ1n) is 8.88. The van der Waals surface area contributed by atoms with Gasteiger partial charge in [-0.15, -0.1) is 0 Å². The lowest BCUT2D eigenvalue weighted by Gasteiger charge is -2.35. The Morgan fingerprint density at radius 3 is 2.56 bits per heavy atom. The van der Waals surface area contributed by atoms with Gasteiger partial charge in [0, 0.05) is 45.2 Å². The second-order valence-electron chi connectivity index (χ2n) is 6.80. The maximum atomic E-state index is 12.8. The number of aromatic nitrogens is 1. The lowest BCUT2D eigenvalue weighted by Crippen LogP contribution is -2.52. The Morgan fingerprint density at radius 1 is 1.19 bits per heavy atom. The molecule has 0 aromatic carbocycles. The van der Waals surface area contributed by atoms with Crippen molar-refractivity contribution >= 4 is 23.5 Å². The van der Waals surface area contributed by atoms with Crippen molar-refractivity contribution in [1.82, 2.24) is 15.0 Å². The monoisotopic (exact) mass is 372 g/mol. The number of nitrogens with zero attached hydrogens (tertiary/aromatic N) is 4. The molecule has 0 bridgehead atoms. The Bertz CT molecular complexity index is 851. The number of hydrogen-bond donors (Lipinski definition) is 0. The third kappa shape index (κ3) is 3.32. The predicted molar refractivity (Wildman–Crippen MR) is 92.9 cm³/mol. The fourth-order valence-electron chi connectivity index (χ4n) is 3.52. The predicted octanol–water partition coefficient (Wildman–Crippen LogP) is 0.914. The van der Waals surface area contributed by atoms with E-state index in [0.717, 1.165) is 0 Å². The van der Waals surface area contributed by atoms with Gasteiger partial charge in [-0.3, -0.25) is 19.3 Å². The van der Waals surface area contributed by atoms with E-state index in [-0.39, 0.29) is 24.1 Å². The molecule has 0 aliphatic carbocycles. The van der Waals surface area contributed by atoms with E-state index in [9.17, 15) is 14.4 Å². The van der Waals surface area contributed by atoms with Crippen LogP contribution in [0.4, 0.5) is 5.82 Å². The van der Waals surface area contributed by atoms with E-state index in [1.807, 2.05) is 0 Å². The highest BCUT2D eigenvalue weighted by Gasteiger charge is 2.39. The fraction of sp³-hybridized carbons (Fsp3) is 0.444. The van der Waals surface area contributed by atoms with Gasteiger partial charge in [0.2, 0.25) is 11.8 Å². The maximum absolute atomic E-state index is 12.8. The molecule has 0 spiro atoms. The first-order valence-corrected chi connectivity index (χ1v) is 8.88. The lowest BCUT2D eigenvalue weighted by atomic mass is 10.1. The smallest absolute Gasteiger partial charge is 0.289 e. The second kappa shape index (κ2) is 6.90. The summed E-state index contributed by atoms with van der Waals surface area (Å²) in [5.41, 5.74) is 0. The second-order valence-corrected chi connectivity index (χ2v) is 6.80. The number of aryl methyl sites for hydroxylation is 1. The van der Waals surface area contributed by atoms with Gasteiger partial charge in [0.1, 0.15) is 5.76 Å². The van der Waals surface area contributed by atoms with Crippen molar-refractivity contribution in [2.45, 2.75) is 13.3 Å². The molecule has 2 saturated heterocycles. The molecule has 2 aliphatic heterocycles. The summed E-state index contributed by atoms with van der Waals surface area (Å²) in [6, 6.07) is 4.99. The number of piperazine rings is 1. The molecular formula is C18H20N4O5. The van der Waals surface area contributed by atoms with Gasteiger partial charge in [-0.1, -0.05) is 5.16 Å². The summed E-state index contributed by atoms with van der Waals surface area (Å²) in [6.07, 6.45) is 1.63. The molecule has 142 valence electrons. The molecule has 4 heterocycles. The van der Waals surface area contributed by atoms with Crippen LogP contribution in [-0.2, 0) is 9.59 Å². The number of carbonyl (C=O) groups is 3. The zero-order valence-corrected chi connectivity index (χ0v) is 15.0. The minimum atomic E-state index is -0.401. The average molecular weight is 372 g/mol. The highest BCUT2D eigenvalue weighted by molar-refractivity contribution is 5.99. The highest BCUT2D eigenvalue weighted by atomic mass is 16.5. The van der Waals surface area contributed by atoms with Gasteiger partial charge in [-0.05, 0) is 19.1 Å². The van der Waals surface area contributed by atoms with Crippen LogP contribution in [0.3, 0.4) is 0 Å². The van der Waals surface area contributed by atoms with Crippen LogP contribution in [0, 0.1) is 12.8 Å². The number of hydrogen-bond acceptors (Lipinski definition) is 6. The Kier molecular flexibility index (Phi) is 4.43. The van der Waals surface area contributed by atoms with Crippen molar-refractivity contribution in [3.8, 4) is 0 Å². The van der Waals surface area contributed by atoms with Crippen LogP contribution in [0.2, 0.25) is 0 Å². The van der Waals surface area contributed by atoms with E-state index in [1.54, 1.807) is 34.9 Å². The van der Waals surface area contributed by atoms with E-state index in [0.29, 0.717) is 50.1 Å². The van der Waals surface area contributed by atoms with E-state index in [2.05, 4.69) is 5.16 Å². The van der Waals surface area contributed by atoms with Gasteiger partial charge < -0.3 is 18.7 Å². The quantitative estimate of drug-likeness (QED) is 0.794. The summed E-state index contributed by atoms with van der Waals surface area (Å²) in [6.45, 7) is 3.83. The standard InChI is InChI=1S/C18H20N4O5/c1-12-9-15(19-27-12)22-11-13(10-16(22)23)17(24)20-4-6-21(7-5-20)18(25)14-3-2-8-26-14/h2-3,8-9,13H,4-7,10-11H2,1H3. The van der Waals surface area contributed by atoms with Crippen LogP contribution in [-0.4, -0.2) is 65.4 Å². The van der Waals surface area contributed by atoms with Crippen LogP contribution >= 0.6 is 0 Å². The molecule has 0 N–H and O–H groups in total. The Hall–Kier alpha value is -3.10.